The van der Waals surface area contributed by atoms with E-state index in [2.05, 4.69) is 21.9 Å². The van der Waals surface area contributed by atoms with Crippen molar-refractivity contribution >= 4 is 50.9 Å². The average molecular weight is 454 g/mol. The number of esters is 1. The molecule has 7 nitrogen and oxygen atoms in total. The summed E-state index contributed by atoms with van der Waals surface area (Å²) in [5.41, 5.74) is 0.605. The Hall–Kier alpha value is -2.44. The summed E-state index contributed by atoms with van der Waals surface area (Å²) < 4.78 is 16.1. The van der Waals surface area contributed by atoms with Crippen molar-refractivity contribution in [3.63, 3.8) is 0 Å². The summed E-state index contributed by atoms with van der Waals surface area (Å²) in [6, 6.07) is 3.35. The molecule has 0 spiro atoms. The van der Waals surface area contributed by atoms with Gasteiger partial charge >= 0.3 is 5.97 Å². The highest BCUT2D eigenvalue weighted by Crippen LogP contribution is 2.39. The van der Waals surface area contributed by atoms with Crippen LogP contribution in [0.3, 0.4) is 0 Å². The van der Waals surface area contributed by atoms with Gasteiger partial charge in [0.25, 0.3) is 11.1 Å². The van der Waals surface area contributed by atoms with E-state index in [1.165, 1.54) is 13.2 Å². The standard InChI is InChI=1S/C18H16BrNO6S/c1-4-6-26-16-12(19)7-11(8-13(16)24-3)9-14-17(22)20(18(23)27-14)10-15(21)25-5-2/h1,7-9H,5-6,10H2,2-3H3/b14-9+. The summed E-state index contributed by atoms with van der Waals surface area (Å²) in [6.45, 7) is 1.48. The molecule has 1 aromatic carbocycles. The second-order valence-electron chi connectivity index (χ2n) is 5.10. The fraction of sp³-hybridized carbons (Fsp3) is 0.278. The van der Waals surface area contributed by atoms with E-state index in [0.29, 0.717) is 21.5 Å². The van der Waals surface area contributed by atoms with Gasteiger partial charge in [0.1, 0.15) is 13.2 Å². The van der Waals surface area contributed by atoms with Crippen LogP contribution in [-0.4, -0.2) is 48.9 Å². The topological polar surface area (TPSA) is 82.1 Å². The zero-order valence-electron chi connectivity index (χ0n) is 14.6. The molecule has 1 aromatic rings. The summed E-state index contributed by atoms with van der Waals surface area (Å²) in [7, 11) is 1.47. The summed E-state index contributed by atoms with van der Waals surface area (Å²) in [4.78, 5) is 37.1. The molecule has 0 aliphatic carbocycles. The second kappa shape index (κ2) is 9.48. The van der Waals surface area contributed by atoms with E-state index in [1.807, 2.05) is 0 Å². The van der Waals surface area contributed by atoms with E-state index >= 15 is 0 Å². The molecular formula is C18H16BrNO6S. The molecule has 2 amide bonds. The molecule has 0 N–H and O–H groups in total. The van der Waals surface area contributed by atoms with E-state index in [1.54, 1.807) is 19.1 Å². The van der Waals surface area contributed by atoms with Crippen LogP contribution in [-0.2, 0) is 14.3 Å². The molecule has 1 heterocycles. The number of nitrogens with zero attached hydrogens (tertiary/aromatic N) is 1. The van der Waals surface area contributed by atoms with Crippen LogP contribution in [0.2, 0.25) is 0 Å². The predicted molar refractivity (Wildman–Crippen MR) is 104 cm³/mol. The minimum Gasteiger partial charge on any atom is -0.493 e. The van der Waals surface area contributed by atoms with E-state index in [9.17, 15) is 14.4 Å². The molecule has 142 valence electrons. The van der Waals surface area contributed by atoms with Crippen LogP contribution in [0.4, 0.5) is 4.79 Å². The lowest BCUT2D eigenvalue weighted by Crippen LogP contribution is -2.34. The first-order chi connectivity index (χ1) is 12.9. The number of halogens is 1. The van der Waals surface area contributed by atoms with Gasteiger partial charge < -0.3 is 14.2 Å². The number of imide groups is 1. The van der Waals surface area contributed by atoms with Gasteiger partial charge in [-0.3, -0.25) is 19.3 Å². The van der Waals surface area contributed by atoms with Gasteiger partial charge in [-0.2, -0.15) is 0 Å². The van der Waals surface area contributed by atoms with Crippen molar-refractivity contribution in [2.45, 2.75) is 6.92 Å². The van der Waals surface area contributed by atoms with Gasteiger partial charge in [-0.15, -0.1) is 6.42 Å². The van der Waals surface area contributed by atoms with Crippen molar-refractivity contribution in [1.29, 1.82) is 0 Å². The van der Waals surface area contributed by atoms with Gasteiger partial charge in [-0.05, 0) is 58.4 Å². The van der Waals surface area contributed by atoms with Gasteiger partial charge in [0.2, 0.25) is 0 Å². The summed E-state index contributed by atoms with van der Waals surface area (Å²) in [5.74, 6) is 2.02. The predicted octanol–water partition coefficient (Wildman–Crippen LogP) is 3.07. The molecule has 0 radical (unpaired) electrons. The normalized spacial score (nSPS) is 15.0. The van der Waals surface area contributed by atoms with Crippen molar-refractivity contribution < 1.29 is 28.6 Å². The fourth-order valence-electron chi connectivity index (χ4n) is 2.20. The maximum Gasteiger partial charge on any atom is 0.326 e. The summed E-state index contributed by atoms with van der Waals surface area (Å²) in [5, 5.41) is -0.528. The molecular weight excluding hydrogens is 438 g/mol. The Morgan fingerprint density at radius 1 is 1.41 bits per heavy atom. The highest BCUT2D eigenvalue weighted by molar-refractivity contribution is 9.10. The van der Waals surface area contributed by atoms with Crippen LogP contribution in [0.5, 0.6) is 11.5 Å². The number of amides is 2. The quantitative estimate of drug-likeness (QED) is 0.356. The van der Waals surface area contributed by atoms with Crippen molar-refractivity contribution in [3.8, 4) is 23.8 Å². The molecule has 0 atom stereocenters. The lowest BCUT2D eigenvalue weighted by atomic mass is 10.2. The third kappa shape index (κ3) is 5.05. The Bertz CT molecular complexity index is 845. The van der Waals surface area contributed by atoms with Gasteiger partial charge in [-0.25, -0.2) is 0 Å². The number of rotatable bonds is 7. The largest absolute Gasteiger partial charge is 0.493 e. The lowest BCUT2D eigenvalue weighted by Gasteiger charge is -2.12. The maximum atomic E-state index is 12.4. The summed E-state index contributed by atoms with van der Waals surface area (Å²) >= 11 is 4.13. The molecule has 2 rings (SSSR count). The van der Waals surface area contributed by atoms with Crippen LogP contribution in [0, 0.1) is 12.3 Å². The van der Waals surface area contributed by atoms with Crippen LogP contribution < -0.4 is 9.47 Å². The Morgan fingerprint density at radius 2 is 2.15 bits per heavy atom. The Morgan fingerprint density at radius 3 is 2.78 bits per heavy atom. The van der Waals surface area contributed by atoms with Crippen molar-refractivity contribution in [2.24, 2.45) is 0 Å². The van der Waals surface area contributed by atoms with Gasteiger partial charge in [0.15, 0.2) is 11.5 Å². The second-order valence-corrected chi connectivity index (χ2v) is 6.95. The Labute approximate surface area is 169 Å². The first-order valence-corrected chi connectivity index (χ1v) is 9.37. The van der Waals surface area contributed by atoms with E-state index in [-0.39, 0.29) is 18.1 Å². The molecule has 1 fully saturated rings. The molecule has 1 saturated heterocycles. The third-order valence-electron chi connectivity index (χ3n) is 3.32. The van der Waals surface area contributed by atoms with Crippen LogP contribution >= 0.6 is 27.7 Å². The number of carbonyl (C=O) groups excluding carboxylic acids is 3. The molecule has 0 bridgehead atoms. The van der Waals surface area contributed by atoms with Gasteiger partial charge in [0, 0.05) is 0 Å². The van der Waals surface area contributed by atoms with E-state index in [0.717, 1.165) is 16.7 Å². The van der Waals surface area contributed by atoms with Gasteiger partial charge in [-0.1, -0.05) is 5.92 Å². The highest BCUT2D eigenvalue weighted by atomic mass is 79.9. The molecule has 1 aliphatic rings. The number of benzene rings is 1. The molecule has 0 aromatic heterocycles. The monoisotopic (exact) mass is 453 g/mol. The maximum absolute atomic E-state index is 12.4. The Balaban J connectivity index is 2.27. The third-order valence-corrected chi connectivity index (χ3v) is 4.81. The number of thioether (sulfide) groups is 1. The summed E-state index contributed by atoms with van der Waals surface area (Å²) in [6.07, 6.45) is 6.74. The molecule has 0 unspecified atom stereocenters. The van der Waals surface area contributed by atoms with E-state index in [4.69, 9.17) is 20.6 Å². The molecule has 9 heteroatoms. The minimum atomic E-state index is -0.638. The molecule has 1 aliphatic heterocycles. The molecule has 27 heavy (non-hydrogen) atoms. The first-order valence-electron chi connectivity index (χ1n) is 7.76. The zero-order chi connectivity index (χ0) is 20.0. The number of methoxy groups -OCH3 is 1. The highest BCUT2D eigenvalue weighted by Gasteiger charge is 2.36. The Kier molecular flexibility index (Phi) is 7.33. The first kappa shape index (κ1) is 20.9. The molecule has 0 saturated carbocycles. The van der Waals surface area contributed by atoms with Crippen molar-refractivity contribution in [2.75, 3.05) is 26.9 Å². The number of hydrogen-bond donors (Lipinski definition) is 0. The van der Waals surface area contributed by atoms with Crippen molar-refractivity contribution in [1.82, 2.24) is 4.90 Å². The lowest BCUT2D eigenvalue weighted by molar-refractivity contribution is -0.145. The smallest absolute Gasteiger partial charge is 0.326 e. The van der Waals surface area contributed by atoms with Crippen LogP contribution in [0.1, 0.15) is 12.5 Å². The number of terminal acetylenes is 1. The fourth-order valence-corrected chi connectivity index (χ4v) is 3.61. The SMILES string of the molecule is C#CCOc1c(Br)cc(/C=C2/SC(=O)N(CC(=O)OCC)C2=O)cc1OC. The van der Waals surface area contributed by atoms with Crippen LogP contribution in [0.15, 0.2) is 21.5 Å². The van der Waals surface area contributed by atoms with E-state index < -0.39 is 23.7 Å². The number of hydrogen-bond acceptors (Lipinski definition) is 7. The average Bonchev–Trinajstić information content (AvgIpc) is 2.88. The van der Waals surface area contributed by atoms with Crippen molar-refractivity contribution in [3.05, 3.63) is 27.1 Å². The number of ether oxygens (including phenoxy) is 3. The zero-order valence-corrected chi connectivity index (χ0v) is 17.0. The minimum absolute atomic E-state index is 0.0705. The van der Waals surface area contributed by atoms with Crippen LogP contribution in [0.25, 0.3) is 6.08 Å². The number of carbonyl (C=O) groups is 3. The van der Waals surface area contributed by atoms with Gasteiger partial charge in [0.05, 0.1) is 23.1 Å².